The van der Waals surface area contributed by atoms with E-state index in [-0.39, 0.29) is 29.2 Å². The number of para-hydroxylation sites is 1. The monoisotopic (exact) mass is 369 g/mol. The van der Waals surface area contributed by atoms with E-state index in [2.05, 4.69) is 15.7 Å². The molecule has 2 N–H and O–H groups in total. The average molecular weight is 369 g/mol. The van der Waals surface area contributed by atoms with Crippen molar-refractivity contribution in [2.45, 2.75) is 6.54 Å². The highest BCUT2D eigenvalue weighted by atomic mass is 16.6. The van der Waals surface area contributed by atoms with Crippen LogP contribution in [0, 0.1) is 10.1 Å². The van der Waals surface area contributed by atoms with Gasteiger partial charge in [0.1, 0.15) is 11.3 Å². The maximum Gasteiger partial charge on any atom is 0.282 e. The number of benzene rings is 1. The number of nitrogens with one attached hydrogen (secondary N) is 2. The molecule has 0 fully saturated rings. The number of rotatable bonds is 6. The first kappa shape index (κ1) is 17.9. The van der Waals surface area contributed by atoms with Crippen molar-refractivity contribution >= 4 is 23.2 Å². The molecule has 138 valence electrons. The van der Waals surface area contributed by atoms with E-state index in [1.165, 1.54) is 41.4 Å². The summed E-state index contributed by atoms with van der Waals surface area (Å²) in [6.07, 6.45) is 2.93. The Morgan fingerprint density at radius 1 is 1.22 bits per heavy atom. The third kappa shape index (κ3) is 4.00. The molecule has 27 heavy (non-hydrogen) atoms. The Bertz CT molecular complexity index is 993. The van der Waals surface area contributed by atoms with Crippen LogP contribution in [-0.4, -0.2) is 26.5 Å². The number of aromatic nitrogens is 2. The van der Waals surface area contributed by atoms with Crippen molar-refractivity contribution < 1.29 is 18.9 Å². The Morgan fingerprint density at radius 3 is 2.70 bits per heavy atom. The van der Waals surface area contributed by atoms with Crippen LogP contribution in [0.2, 0.25) is 0 Å². The minimum Gasteiger partial charge on any atom is -0.467 e. The van der Waals surface area contributed by atoms with Gasteiger partial charge in [-0.1, -0.05) is 12.1 Å². The third-order valence-electron chi connectivity index (χ3n) is 3.64. The van der Waals surface area contributed by atoms with Gasteiger partial charge >= 0.3 is 0 Å². The number of nitrogens with zero attached hydrogens (tertiary/aromatic N) is 3. The molecule has 0 aliphatic heterocycles. The summed E-state index contributed by atoms with van der Waals surface area (Å²) in [6.45, 7) is 0.153. The zero-order valence-corrected chi connectivity index (χ0v) is 14.2. The molecule has 0 aliphatic rings. The van der Waals surface area contributed by atoms with Gasteiger partial charge < -0.3 is 15.1 Å². The summed E-state index contributed by atoms with van der Waals surface area (Å²) in [5.41, 5.74) is -0.329. The molecule has 0 radical (unpaired) electrons. The first-order chi connectivity index (χ1) is 13.0. The number of aryl methyl sites for hydroxylation is 1. The molecule has 0 atom stereocenters. The number of anilines is 1. The van der Waals surface area contributed by atoms with E-state index in [0.717, 1.165) is 0 Å². The topological polar surface area (TPSA) is 132 Å². The lowest BCUT2D eigenvalue weighted by Crippen LogP contribution is -2.25. The predicted molar refractivity (Wildman–Crippen MR) is 94.1 cm³/mol. The summed E-state index contributed by atoms with van der Waals surface area (Å²) < 4.78 is 6.50. The van der Waals surface area contributed by atoms with Gasteiger partial charge in [0.05, 0.1) is 23.4 Å². The minimum absolute atomic E-state index is 0.0176. The highest BCUT2D eigenvalue weighted by Gasteiger charge is 2.23. The van der Waals surface area contributed by atoms with Crippen molar-refractivity contribution in [3.63, 3.8) is 0 Å². The Balaban J connectivity index is 1.79. The first-order valence-electron chi connectivity index (χ1n) is 7.84. The van der Waals surface area contributed by atoms with E-state index in [1.54, 1.807) is 19.2 Å². The molecule has 0 spiro atoms. The largest absolute Gasteiger partial charge is 0.467 e. The lowest BCUT2D eigenvalue weighted by molar-refractivity contribution is -0.385. The fraction of sp³-hybridized carbons (Fsp3) is 0.118. The fourth-order valence-electron chi connectivity index (χ4n) is 2.43. The van der Waals surface area contributed by atoms with Crippen LogP contribution in [0.3, 0.4) is 0 Å². The van der Waals surface area contributed by atoms with Gasteiger partial charge in [-0.2, -0.15) is 5.10 Å². The first-order valence-corrected chi connectivity index (χ1v) is 7.84. The van der Waals surface area contributed by atoms with Gasteiger partial charge in [0.2, 0.25) is 0 Å². The molecule has 0 saturated carbocycles. The van der Waals surface area contributed by atoms with E-state index in [4.69, 9.17) is 4.42 Å². The zero-order chi connectivity index (χ0) is 19.4. The van der Waals surface area contributed by atoms with Gasteiger partial charge in [0.15, 0.2) is 5.69 Å². The fourth-order valence-corrected chi connectivity index (χ4v) is 2.43. The number of nitro groups is 1. The zero-order valence-electron chi connectivity index (χ0n) is 14.2. The summed E-state index contributed by atoms with van der Waals surface area (Å²) in [5.74, 6) is -0.676. The van der Waals surface area contributed by atoms with Crippen molar-refractivity contribution in [1.29, 1.82) is 0 Å². The van der Waals surface area contributed by atoms with Crippen LogP contribution in [-0.2, 0) is 13.6 Å². The van der Waals surface area contributed by atoms with Crippen molar-refractivity contribution in [2.75, 3.05) is 5.32 Å². The minimum atomic E-state index is -0.713. The molecule has 2 heterocycles. The van der Waals surface area contributed by atoms with Crippen LogP contribution in [0.4, 0.5) is 11.4 Å². The number of hydrogen-bond donors (Lipinski definition) is 2. The van der Waals surface area contributed by atoms with Crippen molar-refractivity contribution in [1.82, 2.24) is 15.1 Å². The summed E-state index contributed by atoms with van der Waals surface area (Å²) in [7, 11) is 1.59. The summed E-state index contributed by atoms with van der Waals surface area (Å²) >= 11 is 0. The Hall–Kier alpha value is -3.95. The van der Waals surface area contributed by atoms with Crippen molar-refractivity contribution in [2.24, 2.45) is 7.05 Å². The van der Waals surface area contributed by atoms with Gasteiger partial charge in [-0.3, -0.25) is 24.4 Å². The van der Waals surface area contributed by atoms with Crippen molar-refractivity contribution in [3.8, 4) is 0 Å². The molecule has 2 aromatic heterocycles. The maximum atomic E-state index is 12.5. The van der Waals surface area contributed by atoms with Crippen LogP contribution in [0.5, 0.6) is 0 Å². The highest BCUT2D eigenvalue weighted by Crippen LogP contribution is 2.21. The molecule has 10 nitrogen and oxygen atoms in total. The Morgan fingerprint density at radius 2 is 2.00 bits per heavy atom. The molecular weight excluding hydrogens is 354 g/mol. The summed E-state index contributed by atoms with van der Waals surface area (Å²) in [5, 5.41) is 20.3. The second-order valence-electron chi connectivity index (χ2n) is 5.56. The number of furan rings is 1. The molecule has 0 bridgehead atoms. The van der Waals surface area contributed by atoms with Crippen LogP contribution in [0.25, 0.3) is 0 Å². The van der Waals surface area contributed by atoms with Gasteiger partial charge in [-0.15, -0.1) is 0 Å². The quantitative estimate of drug-likeness (QED) is 0.505. The molecule has 3 aromatic rings. The number of hydrogen-bond acceptors (Lipinski definition) is 6. The number of carbonyl (C=O) groups is 2. The summed E-state index contributed by atoms with van der Waals surface area (Å²) in [4.78, 5) is 35.3. The normalized spacial score (nSPS) is 10.4. The maximum absolute atomic E-state index is 12.5. The van der Waals surface area contributed by atoms with E-state index in [0.29, 0.717) is 5.76 Å². The Kier molecular flexibility index (Phi) is 4.97. The van der Waals surface area contributed by atoms with E-state index in [9.17, 15) is 19.7 Å². The van der Waals surface area contributed by atoms with E-state index >= 15 is 0 Å². The van der Waals surface area contributed by atoms with Gasteiger partial charge in [-0.25, -0.2) is 0 Å². The number of nitro benzene ring substituents is 1. The molecule has 3 rings (SSSR count). The molecule has 1 aromatic carbocycles. The molecular formula is C17H15N5O5. The Labute approximate surface area is 152 Å². The second kappa shape index (κ2) is 7.52. The predicted octanol–water partition coefficient (Wildman–Crippen LogP) is 2.10. The smallest absolute Gasteiger partial charge is 0.282 e. The molecule has 2 amide bonds. The average Bonchev–Trinajstić information content (AvgIpc) is 3.29. The van der Waals surface area contributed by atoms with Crippen LogP contribution >= 0.6 is 0 Å². The second-order valence-corrected chi connectivity index (χ2v) is 5.56. The summed E-state index contributed by atoms with van der Waals surface area (Å²) in [6, 6.07) is 8.95. The van der Waals surface area contributed by atoms with Gasteiger partial charge in [0.25, 0.3) is 17.5 Å². The van der Waals surface area contributed by atoms with E-state index < -0.39 is 16.7 Å². The number of amides is 2. The highest BCUT2D eigenvalue weighted by molar-refractivity contribution is 6.10. The van der Waals surface area contributed by atoms with Gasteiger partial charge in [-0.05, 0) is 18.2 Å². The standard InChI is InChI=1S/C17H15N5O5/c1-21-10-13(15(20-21)17(24)18-9-11-5-4-8-27-11)19-16(23)12-6-2-3-7-14(12)22(25)26/h2-8,10H,9H2,1H3,(H,18,24)(H,19,23). The molecule has 0 unspecified atom stereocenters. The van der Waals surface area contributed by atoms with E-state index in [1.807, 2.05) is 0 Å². The third-order valence-corrected chi connectivity index (χ3v) is 3.64. The van der Waals surface area contributed by atoms with Gasteiger partial charge in [0, 0.05) is 19.3 Å². The van der Waals surface area contributed by atoms with Crippen LogP contribution in [0.1, 0.15) is 26.6 Å². The lowest BCUT2D eigenvalue weighted by atomic mass is 10.1. The molecule has 10 heteroatoms. The molecule has 0 aliphatic carbocycles. The molecule has 0 saturated heterocycles. The number of carbonyl (C=O) groups excluding carboxylic acids is 2. The van der Waals surface area contributed by atoms with Crippen LogP contribution < -0.4 is 10.6 Å². The SMILES string of the molecule is Cn1cc(NC(=O)c2ccccc2[N+](=O)[O-])c(C(=O)NCc2ccco2)n1. The lowest BCUT2D eigenvalue weighted by Gasteiger charge is -2.06. The van der Waals surface area contributed by atoms with Crippen LogP contribution in [0.15, 0.2) is 53.3 Å². The van der Waals surface area contributed by atoms with Crippen molar-refractivity contribution in [3.05, 3.63) is 76.0 Å².